The number of methoxy groups -OCH3 is 2. The molecule has 3 aromatic carbocycles. The molecule has 6 nitrogen and oxygen atoms in total. The van der Waals surface area contributed by atoms with Gasteiger partial charge in [0.1, 0.15) is 5.84 Å². The summed E-state index contributed by atoms with van der Waals surface area (Å²) in [4.78, 5) is 5.22. The van der Waals surface area contributed by atoms with Gasteiger partial charge in [-0.25, -0.2) is 8.42 Å². The fraction of sp³-hybridized carbons (Fsp3) is 0.269. The highest BCUT2D eigenvalue weighted by Crippen LogP contribution is 2.39. The van der Waals surface area contributed by atoms with E-state index in [1.54, 1.807) is 26.4 Å². The lowest BCUT2D eigenvalue weighted by molar-refractivity contribution is 0.347. The van der Waals surface area contributed by atoms with Gasteiger partial charge in [-0.2, -0.15) is 0 Å². The van der Waals surface area contributed by atoms with Crippen LogP contribution in [0.3, 0.4) is 0 Å². The summed E-state index contributed by atoms with van der Waals surface area (Å²) in [7, 11) is -0.532. The minimum absolute atomic E-state index is 0.238. The Bertz CT molecular complexity index is 1240. The van der Waals surface area contributed by atoms with Crippen LogP contribution in [0.4, 0.5) is 0 Å². The lowest BCUT2D eigenvalue weighted by Crippen LogP contribution is -2.42. The van der Waals surface area contributed by atoms with Gasteiger partial charge in [0.25, 0.3) is 10.0 Å². The molecule has 0 spiro atoms. The van der Waals surface area contributed by atoms with Gasteiger partial charge >= 0.3 is 0 Å². The Kier molecular flexibility index (Phi) is 6.70. The maximum atomic E-state index is 13.6. The standard InChI is InChI=1S/C26H28N2O4S/c1-19-12-14-21(15-13-19)33(29,30)28-17-16-23(22-10-7-11-24(31-2)26(22)32-3)27-25(28)18-20-8-5-4-6-9-20/h4-15,23H,16-18H2,1-3H3. The zero-order valence-electron chi connectivity index (χ0n) is 19.1. The van der Waals surface area contributed by atoms with Crippen LogP contribution in [0.25, 0.3) is 0 Å². The second-order valence-corrected chi connectivity index (χ2v) is 9.85. The van der Waals surface area contributed by atoms with E-state index >= 15 is 0 Å². The summed E-state index contributed by atoms with van der Waals surface area (Å²) in [5.74, 6) is 1.77. The van der Waals surface area contributed by atoms with Crippen LogP contribution in [0.2, 0.25) is 0 Å². The third kappa shape index (κ3) is 4.73. The van der Waals surface area contributed by atoms with Crippen molar-refractivity contribution < 1.29 is 17.9 Å². The number of hydrogen-bond acceptors (Lipinski definition) is 5. The van der Waals surface area contributed by atoms with E-state index in [0.717, 1.165) is 16.7 Å². The first-order chi connectivity index (χ1) is 15.9. The van der Waals surface area contributed by atoms with Crippen molar-refractivity contribution in [1.82, 2.24) is 4.31 Å². The Hall–Kier alpha value is -3.32. The van der Waals surface area contributed by atoms with Crippen LogP contribution in [0, 0.1) is 6.92 Å². The molecule has 4 rings (SSSR count). The van der Waals surface area contributed by atoms with Crippen molar-refractivity contribution >= 4 is 15.9 Å². The van der Waals surface area contributed by atoms with Gasteiger partial charge in [0, 0.05) is 18.5 Å². The summed E-state index contributed by atoms with van der Waals surface area (Å²) in [6, 6.07) is 22.2. The number of benzene rings is 3. The minimum Gasteiger partial charge on any atom is -0.493 e. The maximum absolute atomic E-state index is 13.6. The molecule has 0 amide bonds. The smallest absolute Gasteiger partial charge is 0.265 e. The SMILES string of the molecule is COc1cccc(C2CCN(S(=O)(=O)c3ccc(C)cc3)C(Cc3ccccc3)=N2)c1OC. The van der Waals surface area contributed by atoms with Gasteiger partial charge in [-0.15, -0.1) is 0 Å². The first kappa shape index (κ1) is 22.9. The number of aryl methyl sites for hydroxylation is 1. The fourth-order valence-corrected chi connectivity index (χ4v) is 5.55. The largest absolute Gasteiger partial charge is 0.493 e. The molecule has 1 unspecified atom stereocenters. The maximum Gasteiger partial charge on any atom is 0.265 e. The van der Waals surface area contributed by atoms with E-state index in [-0.39, 0.29) is 10.9 Å². The lowest BCUT2D eigenvalue weighted by Gasteiger charge is -2.33. The van der Waals surface area contributed by atoms with Crippen molar-refractivity contribution in [3.8, 4) is 11.5 Å². The Morgan fingerprint density at radius 1 is 0.939 bits per heavy atom. The number of aliphatic imine (C=N–C) groups is 1. The number of nitrogens with zero attached hydrogens (tertiary/aromatic N) is 2. The molecule has 0 N–H and O–H groups in total. The summed E-state index contributed by atoms with van der Waals surface area (Å²) in [5, 5.41) is 0. The summed E-state index contributed by atoms with van der Waals surface area (Å²) in [6.45, 7) is 2.26. The van der Waals surface area contributed by atoms with Crippen molar-refractivity contribution in [3.63, 3.8) is 0 Å². The second-order valence-electron chi connectivity index (χ2n) is 7.99. The average molecular weight is 465 g/mol. The molecule has 33 heavy (non-hydrogen) atoms. The second kappa shape index (κ2) is 9.67. The first-order valence-corrected chi connectivity index (χ1v) is 12.3. The Morgan fingerprint density at radius 2 is 1.67 bits per heavy atom. The Morgan fingerprint density at radius 3 is 2.33 bits per heavy atom. The van der Waals surface area contributed by atoms with Crippen LogP contribution in [0.15, 0.2) is 82.7 Å². The van der Waals surface area contributed by atoms with E-state index in [1.165, 1.54) is 4.31 Å². The zero-order chi connectivity index (χ0) is 23.4. The number of ether oxygens (including phenoxy) is 2. The molecule has 1 aliphatic rings. The van der Waals surface area contributed by atoms with Crippen LogP contribution in [0.5, 0.6) is 11.5 Å². The van der Waals surface area contributed by atoms with Crippen LogP contribution in [-0.2, 0) is 16.4 Å². The summed E-state index contributed by atoms with van der Waals surface area (Å²) in [6.07, 6.45) is 0.946. The predicted octanol–water partition coefficient (Wildman–Crippen LogP) is 4.79. The zero-order valence-corrected chi connectivity index (χ0v) is 19.9. The van der Waals surface area contributed by atoms with E-state index < -0.39 is 10.0 Å². The van der Waals surface area contributed by atoms with Gasteiger partial charge < -0.3 is 9.47 Å². The monoisotopic (exact) mass is 464 g/mol. The molecule has 1 aliphatic heterocycles. The number of para-hydroxylation sites is 1. The van der Waals surface area contributed by atoms with Gasteiger partial charge in [0.15, 0.2) is 11.5 Å². The Balaban J connectivity index is 1.77. The molecule has 7 heteroatoms. The van der Waals surface area contributed by atoms with E-state index in [2.05, 4.69) is 0 Å². The molecule has 172 valence electrons. The fourth-order valence-electron chi connectivity index (χ4n) is 4.09. The quantitative estimate of drug-likeness (QED) is 0.504. The molecule has 0 aromatic heterocycles. The summed E-state index contributed by atoms with van der Waals surface area (Å²) >= 11 is 0. The number of amidine groups is 1. The van der Waals surface area contributed by atoms with E-state index in [4.69, 9.17) is 14.5 Å². The highest BCUT2D eigenvalue weighted by atomic mass is 32.2. The van der Waals surface area contributed by atoms with Crippen molar-refractivity contribution in [2.75, 3.05) is 20.8 Å². The van der Waals surface area contributed by atoms with Crippen molar-refractivity contribution in [2.24, 2.45) is 4.99 Å². The van der Waals surface area contributed by atoms with Gasteiger partial charge in [-0.3, -0.25) is 9.30 Å². The molecule has 0 radical (unpaired) electrons. The third-order valence-electron chi connectivity index (χ3n) is 5.80. The van der Waals surface area contributed by atoms with Crippen LogP contribution < -0.4 is 9.47 Å². The number of sulfonamides is 1. The minimum atomic E-state index is -3.74. The summed E-state index contributed by atoms with van der Waals surface area (Å²) < 4.78 is 39.7. The molecule has 1 atom stereocenters. The molecule has 0 saturated carbocycles. The first-order valence-electron chi connectivity index (χ1n) is 10.8. The van der Waals surface area contributed by atoms with Crippen molar-refractivity contribution in [2.45, 2.75) is 30.7 Å². The molecular weight excluding hydrogens is 436 g/mol. The van der Waals surface area contributed by atoms with Gasteiger partial charge in [0.2, 0.25) is 0 Å². The summed E-state index contributed by atoms with van der Waals surface area (Å²) in [5.41, 5.74) is 2.89. The molecule has 0 aliphatic carbocycles. The van der Waals surface area contributed by atoms with Crippen LogP contribution in [0.1, 0.15) is 29.2 Å². The predicted molar refractivity (Wildman–Crippen MR) is 130 cm³/mol. The Labute approximate surface area is 195 Å². The van der Waals surface area contributed by atoms with E-state index in [9.17, 15) is 8.42 Å². The van der Waals surface area contributed by atoms with Gasteiger partial charge in [-0.05, 0) is 37.1 Å². The highest BCUT2D eigenvalue weighted by molar-refractivity contribution is 7.89. The van der Waals surface area contributed by atoms with Crippen LogP contribution in [-0.4, -0.2) is 39.3 Å². The van der Waals surface area contributed by atoms with Crippen molar-refractivity contribution in [1.29, 1.82) is 0 Å². The number of hydrogen-bond donors (Lipinski definition) is 0. The molecule has 0 saturated heterocycles. The molecule has 0 bridgehead atoms. The van der Waals surface area contributed by atoms with Crippen LogP contribution >= 0.6 is 0 Å². The topological polar surface area (TPSA) is 68.2 Å². The molecule has 0 fully saturated rings. The van der Waals surface area contributed by atoms with Crippen molar-refractivity contribution in [3.05, 3.63) is 89.5 Å². The molecular formula is C26H28N2O4S. The number of rotatable bonds is 7. The highest BCUT2D eigenvalue weighted by Gasteiger charge is 2.33. The third-order valence-corrected chi connectivity index (χ3v) is 7.65. The average Bonchev–Trinajstić information content (AvgIpc) is 2.84. The van der Waals surface area contributed by atoms with Gasteiger partial charge in [0.05, 0.1) is 25.2 Å². The normalized spacial score (nSPS) is 16.3. The molecule has 3 aromatic rings. The van der Waals surface area contributed by atoms with E-state index in [1.807, 2.05) is 67.6 Å². The van der Waals surface area contributed by atoms with E-state index in [0.29, 0.717) is 36.7 Å². The van der Waals surface area contributed by atoms with Gasteiger partial charge in [-0.1, -0.05) is 60.2 Å². The lowest BCUT2D eigenvalue weighted by atomic mass is 10.0. The molecule has 1 heterocycles.